The lowest BCUT2D eigenvalue weighted by Gasteiger charge is -2.16. The van der Waals surface area contributed by atoms with E-state index in [1.165, 1.54) is 17.2 Å². The van der Waals surface area contributed by atoms with Crippen LogP contribution in [0.4, 0.5) is 4.39 Å². The molecule has 0 radical (unpaired) electrons. The summed E-state index contributed by atoms with van der Waals surface area (Å²) in [6.45, 7) is 4.09. The fourth-order valence-electron chi connectivity index (χ4n) is 2.39. The first-order valence-electron chi connectivity index (χ1n) is 6.74. The molecule has 0 aromatic heterocycles. The Morgan fingerprint density at radius 2 is 1.95 bits per heavy atom. The molecule has 0 aliphatic heterocycles. The highest BCUT2D eigenvalue weighted by Gasteiger charge is 2.12. The molecule has 2 aromatic carbocycles. The van der Waals surface area contributed by atoms with Gasteiger partial charge in [-0.25, -0.2) is 4.39 Å². The van der Waals surface area contributed by atoms with Gasteiger partial charge in [0.05, 0.1) is 0 Å². The summed E-state index contributed by atoms with van der Waals surface area (Å²) in [4.78, 5) is 0. The molecule has 0 fully saturated rings. The maximum Gasteiger partial charge on any atom is 0.127 e. The highest BCUT2D eigenvalue weighted by molar-refractivity contribution is 6.31. The van der Waals surface area contributed by atoms with Crippen LogP contribution in [0, 0.1) is 19.7 Å². The fourth-order valence-corrected chi connectivity index (χ4v) is 2.64. The minimum Gasteiger partial charge on any atom is -0.324 e. The van der Waals surface area contributed by atoms with Crippen LogP contribution in [0.2, 0.25) is 5.02 Å². The number of hydrogen-bond acceptors (Lipinski definition) is 1. The molecule has 1 unspecified atom stereocenters. The number of hydrogen-bond donors (Lipinski definition) is 1. The lowest BCUT2D eigenvalue weighted by molar-refractivity contribution is 0.586. The number of aryl methyl sites for hydroxylation is 2. The van der Waals surface area contributed by atoms with Gasteiger partial charge in [-0.2, -0.15) is 0 Å². The molecule has 0 aliphatic carbocycles. The van der Waals surface area contributed by atoms with E-state index in [2.05, 4.69) is 18.2 Å². The van der Waals surface area contributed by atoms with E-state index >= 15 is 0 Å². The van der Waals surface area contributed by atoms with Crippen LogP contribution in [0.5, 0.6) is 0 Å². The summed E-state index contributed by atoms with van der Waals surface area (Å²) in [6, 6.07) is 10.9. The predicted molar refractivity (Wildman–Crippen MR) is 82.6 cm³/mol. The third-order valence-electron chi connectivity index (χ3n) is 3.60. The Balaban J connectivity index is 2.13. The third-order valence-corrected chi connectivity index (χ3v) is 3.96. The monoisotopic (exact) mass is 291 g/mol. The largest absolute Gasteiger partial charge is 0.324 e. The second-order valence-corrected chi connectivity index (χ2v) is 5.61. The fraction of sp³-hybridized carbons (Fsp3) is 0.294. The van der Waals surface area contributed by atoms with E-state index in [-0.39, 0.29) is 11.9 Å². The van der Waals surface area contributed by atoms with Gasteiger partial charge in [0.15, 0.2) is 0 Å². The quantitative estimate of drug-likeness (QED) is 0.866. The van der Waals surface area contributed by atoms with E-state index in [1.54, 1.807) is 12.1 Å². The average Bonchev–Trinajstić information content (AvgIpc) is 2.40. The van der Waals surface area contributed by atoms with Crippen LogP contribution in [-0.4, -0.2) is 0 Å². The second-order valence-electron chi connectivity index (χ2n) is 5.21. The third kappa shape index (κ3) is 3.38. The summed E-state index contributed by atoms with van der Waals surface area (Å²) in [7, 11) is 0. The van der Waals surface area contributed by atoms with Gasteiger partial charge in [-0.1, -0.05) is 41.4 Å². The summed E-state index contributed by atoms with van der Waals surface area (Å²) in [5.41, 5.74) is 10.3. The van der Waals surface area contributed by atoms with Crippen LogP contribution in [0.25, 0.3) is 0 Å². The lowest BCUT2D eigenvalue weighted by Crippen LogP contribution is -2.13. The number of halogens is 2. The van der Waals surface area contributed by atoms with E-state index in [1.807, 2.05) is 13.8 Å². The zero-order valence-electron chi connectivity index (χ0n) is 11.8. The molecule has 0 aliphatic rings. The smallest absolute Gasteiger partial charge is 0.127 e. The van der Waals surface area contributed by atoms with Gasteiger partial charge in [0.2, 0.25) is 0 Å². The molecule has 0 bridgehead atoms. The van der Waals surface area contributed by atoms with E-state index < -0.39 is 0 Å². The average molecular weight is 292 g/mol. The molecule has 20 heavy (non-hydrogen) atoms. The first-order chi connectivity index (χ1) is 9.49. The Morgan fingerprint density at radius 1 is 1.20 bits per heavy atom. The van der Waals surface area contributed by atoms with Crippen molar-refractivity contribution >= 4 is 11.6 Å². The maximum absolute atomic E-state index is 13.7. The molecule has 0 amide bonds. The van der Waals surface area contributed by atoms with Crippen molar-refractivity contribution in [3.8, 4) is 0 Å². The zero-order chi connectivity index (χ0) is 14.7. The Kier molecular flexibility index (Phi) is 4.79. The minimum atomic E-state index is -0.259. The number of rotatable bonds is 4. The molecular formula is C17H19ClFN. The summed E-state index contributed by atoms with van der Waals surface area (Å²) in [5, 5.41) is 0.471. The number of benzene rings is 2. The molecule has 1 nitrogen and oxygen atoms in total. The standard InChI is InChI=1S/C17H19ClFN/c1-11-6-7-12(2)14(10-11)17(20)9-8-13-15(18)4-3-5-16(13)19/h3-7,10,17H,8-9,20H2,1-2H3. The zero-order valence-corrected chi connectivity index (χ0v) is 12.5. The van der Waals surface area contributed by atoms with Crippen molar-refractivity contribution < 1.29 is 4.39 Å². The van der Waals surface area contributed by atoms with Crippen molar-refractivity contribution in [2.45, 2.75) is 32.7 Å². The van der Waals surface area contributed by atoms with Crippen LogP contribution in [0.3, 0.4) is 0 Å². The Bertz CT molecular complexity index is 590. The molecular weight excluding hydrogens is 273 g/mol. The summed E-state index contributed by atoms with van der Waals surface area (Å²) in [5.74, 6) is -0.259. The highest BCUT2D eigenvalue weighted by atomic mass is 35.5. The van der Waals surface area contributed by atoms with Gasteiger partial charge in [-0.15, -0.1) is 0 Å². The summed E-state index contributed by atoms with van der Waals surface area (Å²) >= 11 is 6.03. The summed E-state index contributed by atoms with van der Waals surface area (Å²) < 4.78 is 13.7. The molecule has 0 spiro atoms. The Labute approximate surface area is 124 Å². The van der Waals surface area contributed by atoms with Crippen molar-refractivity contribution in [1.29, 1.82) is 0 Å². The van der Waals surface area contributed by atoms with Crippen LogP contribution >= 0.6 is 11.6 Å². The molecule has 0 saturated carbocycles. The molecule has 0 heterocycles. The van der Waals surface area contributed by atoms with E-state index in [0.717, 1.165) is 5.56 Å². The highest BCUT2D eigenvalue weighted by Crippen LogP contribution is 2.25. The van der Waals surface area contributed by atoms with Crippen LogP contribution in [0.15, 0.2) is 36.4 Å². The van der Waals surface area contributed by atoms with Gasteiger partial charge >= 0.3 is 0 Å². The Morgan fingerprint density at radius 3 is 2.65 bits per heavy atom. The normalized spacial score (nSPS) is 12.4. The van der Waals surface area contributed by atoms with Gasteiger partial charge in [-0.3, -0.25) is 0 Å². The number of nitrogens with two attached hydrogens (primary N) is 1. The van der Waals surface area contributed by atoms with E-state index in [9.17, 15) is 4.39 Å². The van der Waals surface area contributed by atoms with Crippen LogP contribution in [-0.2, 0) is 6.42 Å². The second kappa shape index (κ2) is 6.38. The molecule has 1 atom stereocenters. The van der Waals surface area contributed by atoms with E-state index in [4.69, 9.17) is 17.3 Å². The Hall–Kier alpha value is -1.38. The van der Waals surface area contributed by atoms with E-state index in [0.29, 0.717) is 23.4 Å². The molecule has 106 valence electrons. The van der Waals surface area contributed by atoms with Gasteiger partial charge in [0.25, 0.3) is 0 Å². The van der Waals surface area contributed by atoms with Gasteiger partial charge in [-0.05, 0) is 49.9 Å². The molecule has 2 aromatic rings. The first kappa shape index (κ1) is 15.0. The van der Waals surface area contributed by atoms with Gasteiger partial charge < -0.3 is 5.73 Å². The maximum atomic E-state index is 13.7. The van der Waals surface area contributed by atoms with Crippen molar-refractivity contribution in [3.05, 3.63) is 69.5 Å². The van der Waals surface area contributed by atoms with Crippen molar-refractivity contribution in [1.82, 2.24) is 0 Å². The van der Waals surface area contributed by atoms with Crippen LogP contribution < -0.4 is 5.73 Å². The lowest BCUT2D eigenvalue weighted by atomic mass is 9.95. The van der Waals surface area contributed by atoms with Crippen molar-refractivity contribution in [2.24, 2.45) is 5.73 Å². The molecule has 2 rings (SSSR count). The van der Waals surface area contributed by atoms with Crippen molar-refractivity contribution in [2.75, 3.05) is 0 Å². The summed E-state index contributed by atoms with van der Waals surface area (Å²) in [6.07, 6.45) is 1.21. The molecule has 2 N–H and O–H groups in total. The predicted octanol–water partition coefficient (Wildman–Crippen LogP) is 4.73. The SMILES string of the molecule is Cc1ccc(C)c(C(N)CCc2c(F)cccc2Cl)c1. The minimum absolute atomic E-state index is 0.106. The first-order valence-corrected chi connectivity index (χ1v) is 7.12. The van der Waals surface area contributed by atoms with Crippen molar-refractivity contribution in [3.63, 3.8) is 0 Å². The topological polar surface area (TPSA) is 26.0 Å². The van der Waals surface area contributed by atoms with Crippen LogP contribution in [0.1, 0.15) is 34.7 Å². The molecule has 3 heteroatoms. The van der Waals surface area contributed by atoms with Gasteiger partial charge in [0, 0.05) is 16.6 Å². The molecule has 0 saturated heterocycles. The van der Waals surface area contributed by atoms with Gasteiger partial charge in [0.1, 0.15) is 5.82 Å².